The first kappa shape index (κ1) is 12.9. The lowest BCUT2D eigenvalue weighted by Crippen LogP contribution is -2.10. The standard InChI is InChI=1S/C10H16N2O3S/c1-4-5-16(14,15)9-6-8(13)10(7(2)3)12-11-9/h6-7H,4-5H2,1-3H3,(H,11,13). The zero-order valence-electron chi connectivity index (χ0n) is 9.64. The first-order valence-corrected chi connectivity index (χ1v) is 6.83. The number of hydrogen-bond acceptors (Lipinski definition) is 5. The van der Waals surface area contributed by atoms with Gasteiger partial charge in [0.25, 0.3) is 0 Å². The number of aromatic nitrogens is 2. The van der Waals surface area contributed by atoms with Crippen molar-refractivity contribution in [2.75, 3.05) is 5.75 Å². The molecule has 0 aromatic carbocycles. The molecule has 6 heteroatoms. The van der Waals surface area contributed by atoms with E-state index in [2.05, 4.69) is 10.2 Å². The molecule has 1 N–H and O–H groups in total. The van der Waals surface area contributed by atoms with E-state index in [4.69, 9.17) is 0 Å². The summed E-state index contributed by atoms with van der Waals surface area (Å²) in [6, 6.07) is 1.17. The van der Waals surface area contributed by atoms with Crippen LogP contribution in [0.3, 0.4) is 0 Å². The van der Waals surface area contributed by atoms with E-state index in [9.17, 15) is 13.5 Å². The average Bonchev–Trinajstić information content (AvgIpc) is 2.16. The fourth-order valence-corrected chi connectivity index (χ4v) is 2.51. The summed E-state index contributed by atoms with van der Waals surface area (Å²) in [5.74, 6) is -0.0857. The van der Waals surface area contributed by atoms with Gasteiger partial charge in [0, 0.05) is 12.0 Å². The van der Waals surface area contributed by atoms with E-state index in [1.165, 1.54) is 6.07 Å². The molecule has 0 atom stereocenters. The Bertz CT molecular complexity index is 469. The molecule has 1 aromatic rings. The van der Waals surface area contributed by atoms with Gasteiger partial charge in [-0.25, -0.2) is 8.42 Å². The van der Waals surface area contributed by atoms with Crippen LogP contribution in [0, 0.1) is 0 Å². The third kappa shape index (κ3) is 2.69. The molecule has 90 valence electrons. The molecule has 1 rings (SSSR count). The number of rotatable bonds is 4. The molecule has 0 amide bonds. The molecule has 1 heterocycles. The summed E-state index contributed by atoms with van der Waals surface area (Å²) in [4.78, 5) is 0. The van der Waals surface area contributed by atoms with Crippen molar-refractivity contribution in [2.24, 2.45) is 0 Å². The zero-order valence-corrected chi connectivity index (χ0v) is 10.5. The van der Waals surface area contributed by atoms with E-state index < -0.39 is 9.84 Å². The molecule has 1 aromatic heterocycles. The topological polar surface area (TPSA) is 80.2 Å². The summed E-state index contributed by atoms with van der Waals surface area (Å²) in [5, 5.41) is 16.9. The van der Waals surface area contributed by atoms with E-state index in [0.29, 0.717) is 12.1 Å². The Morgan fingerprint density at radius 3 is 2.44 bits per heavy atom. The highest BCUT2D eigenvalue weighted by Crippen LogP contribution is 2.24. The summed E-state index contributed by atoms with van der Waals surface area (Å²) < 4.78 is 23.3. The SMILES string of the molecule is CCCS(=O)(=O)c1cc(O)c(C(C)C)nn1. The van der Waals surface area contributed by atoms with Crippen LogP contribution in [0.2, 0.25) is 0 Å². The molecule has 0 aliphatic rings. The Balaban J connectivity index is 3.16. The van der Waals surface area contributed by atoms with Crippen molar-refractivity contribution in [1.82, 2.24) is 10.2 Å². The van der Waals surface area contributed by atoms with Crippen molar-refractivity contribution >= 4 is 9.84 Å². The largest absolute Gasteiger partial charge is 0.506 e. The van der Waals surface area contributed by atoms with Crippen LogP contribution in [0.15, 0.2) is 11.1 Å². The molecule has 0 saturated carbocycles. The Hall–Kier alpha value is -1.17. The minimum atomic E-state index is -3.41. The van der Waals surface area contributed by atoms with Crippen LogP contribution in [-0.2, 0) is 9.84 Å². The average molecular weight is 244 g/mol. The van der Waals surface area contributed by atoms with E-state index >= 15 is 0 Å². The first-order chi connectivity index (χ1) is 7.38. The number of hydrogen-bond donors (Lipinski definition) is 1. The van der Waals surface area contributed by atoms with Gasteiger partial charge in [0.2, 0.25) is 0 Å². The van der Waals surface area contributed by atoms with Gasteiger partial charge >= 0.3 is 0 Å². The van der Waals surface area contributed by atoms with Gasteiger partial charge in [0.05, 0.1) is 5.75 Å². The predicted octanol–water partition coefficient (Wildman–Crippen LogP) is 1.49. The second-order valence-corrected chi connectivity index (χ2v) is 5.98. The third-order valence-corrected chi connectivity index (χ3v) is 3.90. The van der Waals surface area contributed by atoms with Gasteiger partial charge in [-0.05, 0) is 6.42 Å². The van der Waals surface area contributed by atoms with Crippen LogP contribution in [0.4, 0.5) is 0 Å². The molecule has 0 unspecified atom stereocenters. The molecule has 0 radical (unpaired) electrons. The van der Waals surface area contributed by atoms with Gasteiger partial charge in [-0.1, -0.05) is 20.8 Å². The van der Waals surface area contributed by atoms with Crippen LogP contribution in [-0.4, -0.2) is 29.5 Å². The van der Waals surface area contributed by atoms with Crippen LogP contribution >= 0.6 is 0 Å². The summed E-state index contributed by atoms with van der Waals surface area (Å²) in [6.07, 6.45) is 0.511. The van der Waals surface area contributed by atoms with Gasteiger partial charge < -0.3 is 5.11 Å². The third-order valence-electron chi connectivity index (χ3n) is 2.12. The number of nitrogens with zero attached hydrogens (tertiary/aromatic N) is 2. The van der Waals surface area contributed by atoms with Crippen molar-refractivity contribution in [3.05, 3.63) is 11.8 Å². The van der Waals surface area contributed by atoms with Crippen LogP contribution in [0.1, 0.15) is 38.8 Å². The monoisotopic (exact) mass is 244 g/mol. The lowest BCUT2D eigenvalue weighted by Gasteiger charge is -2.07. The van der Waals surface area contributed by atoms with Gasteiger partial charge in [-0.2, -0.15) is 5.10 Å². The maximum atomic E-state index is 11.7. The Labute approximate surface area is 95.4 Å². The minimum Gasteiger partial charge on any atom is -0.506 e. The van der Waals surface area contributed by atoms with Crippen molar-refractivity contribution in [2.45, 2.75) is 38.1 Å². The zero-order chi connectivity index (χ0) is 12.3. The molecule has 0 saturated heterocycles. The fourth-order valence-electron chi connectivity index (χ4n) is 1.31. The van der Waals surface area contributed by atoms with E-state index in [1.54, 1.807) is 6.92 Å². The van der Waals surface area contributed by atoms with Crippen molar-refractivity contribution in [1.29, 1.82) is 0 Å². The Morgan fingerprint density at radius 2 is 2.00 bits per heavy atom. The highest BCUT2D eigenvalue weighted by atomic mass is 32.2. The minimum absolute atomic E-state index is 0.00966. The van der Waals surface area contributed by atoms with Crippen molar-refractivity contribution in [3.63, 3.8) is 0 Å². The van der Waals surface area contributed by atoms with Crippen molar-refractivity contribution < 1.29 is 13.5 Å². The Morgan fingerprint density at radius 1 is 1.38 bits per heavy atom. The van der Waals surface area contributed by atoms with Crippen LogP contribution in [0.25, 0.3) is 0 Å². The highest BCUT2D eigenvalue weighted by Gasteiger charge is 2.18. The van der Waals surface area contributed by atoms with Gasteiger partial charge in [0.1, 0.15) is 11.4 Å². The second kappa shape index (κ2) is 4.78. The quantitative estimate of drug-likeness (QED) is 0.868. The lowest BCUT2D eigenvalue weighted by atomic mass is 10.1. The second-order valence-electron chi connectivity index (χ2n) is 3.93. The smallest absolute Gasteiger partial charge is 0.197 e. The van der Waals surface area contributed by atoms with Gasteiger partial charge in [0.15, 0.2) is 14.9 Å². The molecule has 0 bridgehead atoms. The molecular weight excluding hydrogens is 228 g/mol. The molecule has 0 aliphatic heterocycles. The summed E-state index contributed by atoms with van der Waals surface area (Å²) >= 11 is 0. The maximum absolute atomic E-state index is 11.7. The summed E-state index contributed by atoms with van der Waals surface area (Å²) in [5.41, 5.74) is 0.412. The molecule has 0 fully saturated rings. The molecule has 0 aliphatic carbocycles. The first-order valence-electron chi connectivity index (χ1n) is 5.17. The molecular formula is C10H16N2O3S. The number of aromatic hydroxyl groups is 1. The van der Waals surface area contributed by atoms with E-state index in [0.717, 1.165) is 0 Å². The molecule has 5 nitrogen and oxygen atoms in total. The van der Waals surface area contributed by atoms with Gasteiger partial charge in [-0.3, -0.25) is 0 Å². The summed E-state index contributed by atoms with van der Waals surface area (Å²) in [7, 11) is -3.41. The highest BCUT2D eigenvalue weighted by molar-refractivity contribution is 7.91. The fraction of sp³-hybridized carbons (Fsp3) is 0.600. The maximum Gasteiger partial charge on any atom is 0.197 e. The van der Waals surface area contributed by atoms with Gasteiger partial charge in [-0.15, -0.1) is 5.10 Å². The normalized spacial score (nSPS) is 12.0. The van der Waals surface area contributed by atoms with Crippen molar-refractivity contribution in [3.8, 4) is 5.75 Å². The molecule has 16 heavy (non-hydrogen) atoms. The molecule has 0 spiro atoms. The van der Waals surface area contributed by atoms with E-state index in [-0.39, 0.29) is 22.4 Å². The van der Waals surface area contributed by atoms with Crippen LogP contribution in [0.5, 0.6) is 5.75 Å². The predicted molar refractivity (Wildman–Crippen MR) is 60.1 cm³/mol. The number of sulfone groups is 1. The van der Waals surface area contributed by atoms with Crippen LogP contribution < -0.4 is 0 Å². The lowest BCUT2D eigenvalue weighted by molar-refractivity contribution is 0.451. The summed E-state index contributed by atoms with van der Waals surface area (Å²) in [6.45, 7) is 5.47. The Kier molecular flexibility index (Phi) is 3.85. The van der Waals surface area contributed by atoms with E-state index in [1.807, 2.05) is 13.8 Å².